The molecule has 0 aromatic carbocycles. The maximum atomic E-state index is 12.3. The fraction of sp³-hybridized carbons (Fsp3) is 0.769. The normalized spacial score (nSPS) is 25.8. The number of carbonyl (C=O) groups excluding carboxylic acids is 2. The zero-order chi connectivity index (χ0) is 15.6. The van der Waals surface area contributed by atoms with E-state index in [1.807, 2.05) is 0 Å². The highest BCUT2D eigenvalue weighted by atomic mass is 16.5. The number of carboxylic acids is 1. The molecule has 0 aromatic rings. The minimum absolute atomic E-state index is 0.0647. The third-order valence-corrected chi connectivity index (χ3v) is 3.81. The van der Waals surface area contributed by atoms with Crippen LogP contribution in [0.15, 0.2) is 0 Å². The topological polar surface area (TPSA) is 90.4 Å². The minimum atomic E-state index is -1.02. The molecule has 0 unspecified atom stereocenters. The molecule has 2 heterocycles. The first-order valence-corrected chi connectivity index (χ1v) is 7.03. The molecule has 0 radical (unpaired) electrons. The summed E-state index contributed by atoms with van der Waals surface area (Å²) in [6.45, 7) is 1.88. The van der Waals surface area contributed by atoms with Gasteiger partial charge < -0.3 is 24.5 Å². The van der Waals surface area contributed by atoms with Gasteiger partial charge >= 0.3 is 12.0 Å². The van der Waals surface area contributed by atoms with Crippen LogP contribution in [0, 0.1) is 0 Å². The van der Waals surface area contributed by atoms with E-state index < -0.39 is 18.2 Å². The zero-order valence-electron chi connectivity index (χ0n) is 12.3. The highest BCUT2D eigenvalue weighted by Gasteiger charge is 2.37. The summed E-state index contributed by atoms with van der Waals surface area (Å²) in [6, 6.07) is -0.0647. The minimum Gasteiger partial charge on any atom is -0.479 e. The van der Waals surface area contributed by atoms with E-state index in [1.165, 1.54) is 4.90 Å². The molecule has 8 nitrogen and oxygen atoms in total. The Kier molecular flexibility index (Phi) is 4.66. The Balaban J connectivity index is 1.84. The molecule has 2 atom stereocenters. The van der Waals surface area contributed by atoms with Gasteiger partial charge in [-0.3, -0.25) is 4.79 Å². The van der Waals surface area contributed by atoms with E-state index in [0.29, 0.717) is 39.0 Å². The Bertz CT molecular complexity index is 432. The van der Waals surface area contributed by atoms with Crippen molar-refractivity contribution >= 4 is 17.9 Å². The Morgan fingerprint density at radius 2 is 1.52 bits per heavy atom. The number of amides is 3. The zero-order valence-corrected chi connectivity index (χ0v) is 12.3. The SMILES string of the molecule is CN(C)C(=O)N1CCN(C(=O)[C@@H]2CC[C@H](C(=O)O)O2)CC1. The molecule has 2 aliphatic heterocycles. The fourth-order valence-electron chi connectivity index (χ4n) is 2.61. The molecule has 2 fully saturated rings. The van der Waals surface area contributed by atoms with Gasteiger partial charge in [0.25, 0.3) is 5.91 Å². The van der Waals surface area contributed by atoms with E-state index in [2.05, 4.69) is 0 Å². The number of carboxylic acid groups (broad SMARTS) is 1. The van der Waals surface area contributed by atoms with Crippen molar-refractivity contribution in [2.45, 2.75) is 25.0 Å². The number of aliphatic carboxylic acids is 1. The lowest BCUT2D eigenvalue weighted by atomic mass is 10.1. The van der Waals surface area contributed by atoms with Crippen LogP contribution in [0.1, 0.15) is 12.8 Å². The van der Waals surface area contributed by atoms with Gasteiger partial charge in [-0.05, 0) is 12.8 Å². The number of piperazine rings is 1. The summed E-state index contributed by atoms with van der Waals surface area (Å²) < 4.78 is 5.27. The summed E-state index contributed by atoms with van der Waals surface area (Å²) >= 11 is 0. The van der Waals surface area contributed by atoms with Gasteiger partial charge in [-0.2, -0.15) is 0 Å². The molecule has 0 aliphatic carbocycles. The first-order chi connectivity index (χ1) is 9.90. The van der Waals surface area contributed by atoms with Crippen molar-refractivity contribution in [3.8, 4) is 0 Å². The summed E-state index contributed by atoms with van der Waals surface area (Å²) in [5.74, 6) is -1.19. The third-order valence-electron chi connectivity index (χ3n) is 3.81. The van der Waals surface area contributed by atoms with Gasteiger partial charge in [-0.15, -0.1) is 0 Å². The summed E-state index contributed by atoms with van der Waals surface area (Å²) in [6.07, 6.45) is -0.741. The predicted molar refractivity (Wildman–Crippen MR) is 72.8 cm³/mol. The standard InChI is InChI=1S/C13H21N3O5/c1-14(2)13(20)16-7-5-15(6-8-16)11(17)9-3-4-10(21-9)12(18)19/h9-10H,3-8H2,1-2H3,(H,18,19)/t9-,10+/m0/s1. The molecule has 8 heteroatoms. The Morgan fingerprint density at radius 3 is 2.00 bits per heavy atom. The Labute approximate surface area is 123 Å². The van der Waals surface area contributed by atoms with Crippen LogP contribution in [-0.2, 0) is 14.3 Å². The smallest absolute Gasteiger partial charge is 0.332 e. The summed E-state index contributed by atoms with van der Waals surface area (Å²) in [4.78, 5) is 39.8. The van der Waals surface area contributed by atoms with E-state index in [-0.39, 0.29) is 11.9 Å². The second kappa shape index (κ2) is 6.30. The van der Waals surface area contributed by atoms with Gasteiger partial charge in [0, 0.05) is 40.3 Å². The molecule has 0 aromatic heterocycles. The van der Waals surface area contributed by atoms with Crippen molar-refractivity contribution in [1.29, 1.82) is 0 Å². The Hall–Kier alpha value is -1.83. The second-order valence-electron chi connectivity index (χ2n) is 5.52. The number of nitrogens with zero attached hydrogens (tertiary/aromatic N) is 3. The van der Waals surface area contributed by atoms with Crippen LogP contribution in [0.25, 0.3) is 0 Å². The van der Waals surface area contributed by atoms with E-state index in [0.717, 1.165) is 0 Å². The van der Waals surface area contributed by atoms with Crippen molar-refractivity contribution in [3.63, 3.8) is 0 Å². The van der Waals surface area contributed by atoms with Gasteiger partial charge in [-0.1, -0.05) is 0 Å². The lowest BCUT2D eigenvalue weighted by Crippen LogP contribution is -2.54. The molecule has 0 spiro atoms. The van der Waals surface area contributed by atoms with Crippen LogP contribution in [0.5, 0.6) is 0 Å². The molecule has 2 saturated heterocycles. The molecule has 1 N–H and O–H groups in total. The first-order valence-electron chi connectivity index (χ1n) is 7.03. The monoisotopic (exact) mass is 299 g/mol. The second-order valence-corrected chi connectivity index (χ2v) is 5.52. The van der Waals surface area contributed by atoms with Crippen LogP contribution >= 0.6 is 0 Å². The molecule has 118 valence electrons. The number of carbonyl (C=O) groups is 3. The van der Waals surface area contributed by atoms with Gasteiger partial charge in [0.05, 0.1) is 0 Å². The maximum Gasteiger partial charge on any atom is 0.332 e. The van der Waals surface area contributed by atoms with E-state index >= 15 is 0 Å². The maximum absolute atomic E-state index is 12.3. The van der Waals surface area contributed by atoms with Gasteiger partial charge in [0.2, 0.25) is 0 Å². The van der Waals surface area contributed by atoms with Crippen molar-refractivity contribution < 1.29 is 24.2 Å². The van der Waals surface area contributed by atoms with Crippen LogP contribution in [-0.4, -0.2) is 90.2 Å². The Morgan fingerprint density at radius 1 is 1.00 bits per heavy atom. The number of rotatable bonds is 2. The number of urea groups is 1. The number of hydrogen-bond acceptors (Lipinski definition) is 4. The molecule has 0 saturated carbocycles. The average Bonchev–Trinajstić information content (AvgIpc) is 2.96. The summed E-state index contributed by atoms with van der Waals surface area (Å²) in [5, 5.41) is 8.87. The highest BCUT2D eigenvalue weighted by molar-refractivity contribution is 5.83. The lowest BCUT2D eigenvalue weighted by molar-refractivity contribution is -0.155. The summed E-state index contributed by atoms with van der Waals surface area (Å²) in [5.41, 5.74) is 0. The third kappa shape index (κ3) is 3.44. The van der Waals surface area contributed by atoms with Gasteiger partial charge in [0.15, 0.2) is 6.10 Å². The first kappa shape index (κ1) is 15.6. The van der Waals surface area contributed by atoms with E-state index in [4.69, 9.17) is 9.84 Å². The van der Waals surface area contributed by atoms with Gasteiger partial charge in [0.1, 0.15) is 6.10 Å². The molecule has 0 bridgehead atoms. The highest BCUT2D eigenvalue weighted by Crippen LogP contribution is 2.22. The van der Waals surface area contributed by atoms with Crippen LogP contribution in [0.3, 0.4) is 0 Å². The van der Waals surface area contributed by atoms with Crippen molar-refractivity contribution in [3.05, 3.63) is 0 Å². The van der Waals surface area contributed by atoms with E-state index in [1.54, 1.807) is 23.9 Å². The molecular weight excluding hydrogens is 278 g/mol. The van der Waals surface area contributed by atoms with Crippen molar-refractivity contribution in [1.82, 2.24) is 14.7 Å². The molecule has 3 amide bonds. The average molecular weight is 299 g/mol. The van der Waals surface area contributed by atoms with Crippen LogP contribution in [0.4, 0.5) is 4.79 Å². The summed E-state index contributed by atoms with van der Waals surface area (Å²) in [7, 11) is 3.39. The van der Waals surface area contributed by atoms with Gasteiger partial charge in [-0.25, -0.2) is 9.59 Å². The molecular formula is C13H21N3O5. The number of ether oxygens (including phenoxy) is 1. The van der Waals surface area contributed by atoms with Crippen molar-refractivity contribution in [2.24, 2.45) is 0 Å². The largest absolute Gasteiger partial charge is 0.479 e. The van der Waals surface area contributed by atoms with Crippen LogP contribution < -0.4 is 0 Å². The molecule has 2 aliphatic rings. The molecule has 2 rings (SSSR count). The number of hydrogen-bond donors (Lipinski definition) is 1. The van der Waals surface area contributed by atoms with Crippen molar-refractivity contribution in [2.75, 3.05) is 40.3 Å². The van der Waals surface area contributed by atoms with E-state index in [9.17, 15) is 14.4 Å². The van der Waals surface area contributed by atoms with Crippen LogP contribution in [0.2, 0.25) is 0 Å². The molecule has 21 heavy (non-hydrogen) atoms. The quantitative estimate of drug-likeness (QED) is 0.738. The fourth-order valence-corrected chi connectivity index (χ4v) is 2.61. The predicted octanol–water partition coefficient (Wildman–Crippen LogP) is -0.556. The lowest BCUT2D eigenvalue weighted by Gasteiger charge is -2.36.